The van der Waals surface area contributed by atoms with Crippen molar-refractivity contribution in [2.45, 2.75) is 4.90 Å². The number of aromatic amines is 1. The number of aromatic nitrogens is 1. The van der Waals surface area contributed by atoms with Crippen LogP contribution >= 0.6 is 0 Å². The summed E-state index contributed by atoms with van der Waals surface area (Å²) in [4.78, 5) is 14.5. The molecular weight excluding hydrogens is 414 g/mol. The smallest absolute Gasteiger partial charge is 0.412 e. The second kappa shape index (κ2) is 8.90. The Hall–Kier alpha value is -3.48. The van der Waals surface area contributed by atoms with Crippen molar-refractivity contribution >= 4 is 38.4 Å². The number of methoxy groups -OCH3 is 1. The molecule has 0 unspecified atom stereocenters. The van der Waals surface area contributed by atoms with E-state index >= 15 is 0 Å². The number of benzene rings is 2. The Kier molecular flexibility index (Phi) is 6.30. The summed E-state index contributed by atoms with van der Waals surface area (Å²) in [6.07, 6.45) is -0.649. The number of nitrogens with zero attached hydrogens (tertiary/aromatic N) is 2. The normalized spacial score (nSPS) is 11.8. The number of amides is 1. The average molecular weight is 433 g/mol. The number of carbonyl (C=O) groups is 1. The molecule has 0 fully saturated rings. The lowest BCUT2D eigenvalue weighted by Gasteiger charge is -2.06. The van der Waals surface area contributed by atoms with Crippen LogP contribution in [0.5, 0.6) is 11.6 Å². The third kappa shape index (κ3) is 5.11. The van der Waals surface area contributed by atoms with Crippen LogP contribution in [0.15, 0.2) is 57.6 Å². The van der Waals surface area contributed by atoms with E-state index in [1.165, 1.54) is 37.4 Å². The Labute approximate surface area is 171 Å². The number of hydrogen-bond donors (Lipinski definition) is 4. The van der Waals surface area contributed by atoms with Gasteiger partial charge in [0.25, 0.3) is 0 Å². The van der Waals surface area contributed by atoms with E-state index in [-0.39, 0.29) is 22.2 Å². The van der Waals surface area contributed by atoms with Crippen molar-refractivity contribution in [2.24, 2.45) is 15.4 Å². The molecule has 158 valence electrons. The molecule has 3 aromatic rings. The van der Waals surface area contributed by atoms with Crippen LogP contribution in [0.25, 0.3) is 10.9 Å². The van der Waals surface area contributed by atoms with E-state index in [1.54, 1.807) is 12.1 Å². The molecule has 11 nitrogen and oxygen atoms in total. The summed E-state index contributed by atoms with van der Waals surface area (Å²) in [6, 6.07) is 10.1. The first-order valence-electron chi connectivity index (χ1n) is 8.62. The van der Waals surface area contributed by atoms with E-state index < -0.39 is 16.1 Å². The number of carbonyl (C=O) groups excluding carboxylic acids is 1. The minimum atomic E-state index is -3.81. The number of azo groups is 1. The molecule has 5 N–H and O–H groups in total. The lowest BCUT2D eigenvalue weighted by Crippen LogP contribution is -2.29. The van der Waals surface area contributed by atoms with Gasteiger partial charge in [0.05, 0.1) is 22.7 Å². The van der Waals surface area contributed by atoms with Gasteiger partial charge in [0.2, 0.25) is 15.9 Å². The summed E-state index contributed by atoms with van der Waals surface area (Å²) in [6.45, 7) is 0.648. The zero-order chi connectivity index (χ0) is 21.7. The number of hydrogen-bond acceptors (Lipinski definition) is 8. The standard InChI is InChI=1S/C18H19N5O6S/c1-28-9-8-20-18(25)29-12-4-7-15-14(10-12)16(17(24)21-15)23-22-11-2-5-13(6-3-11)30(19,26)27/h2-7,10,21,24H,8-9H2,1H3,(H,20,25)(H2,19,26,27). The number of H-pyrrole nitrogens is 1. The predicted molar refractivity (Wildman–Crippen MR) is 108 cm³/mol. The van der Waals surface area contributed by atoms with Crippen molar-refractivity contribution in [3.05, 3.63) is 42.5 Å². The van der Waals surface area contributed by atoms with E-state index in [1.807, 2.05) is 0 Å². The SMILES string of the molecule is COCCNC(=O)Oc1ccc2[nH]c(O)c(N=Nc3ccc(S(N)(=O)=O)cc3)c2c1. The molecule has 0 saturated heterocycles. The Morgan fingerprint density at radius 3 is 2.60 bits per heavy atom. The number of sulfonamides is 1. The second-order valence-corrected chi connectivity index (χ2v) is 7.64. The zero-order valence-electron chi connectivity index (χ0n) is 15.8. The van der Waals surface area contributed by atoms with E-state index in [0.717, 1.165) is 0 Å². The third-order valence-corrected chi connectivity index (χ3v) is 4.87. The number of primary sulfonamides is 1. The fraction of sp³-hybridized carbons (Fsp3) is 0.167. The first-order valence-corrected chi connectivity index (χ1v) is 10.2. The van der Waals surface area contributed by atoms with Crippen molar-refractivity contribution in [2.75, 3.05) is 20.3 Å². The van der Waals surface area contributed by atoms with Crippen molar-refractivity contribution in [3.63, 3.8) is 0 Å². The van der Waals surface area contributed by atoms with Crippen molar-refractivity contribution in [3.8, 4) is 11.6 Å². The van der Waals surface area contributed by atoms with Gasteiger partial charge in [-0.2, -0.15) is 5.11 Å². The van der Waals surface area contributed by atoms with Crippen LogP contribution in [0.1, 0.15) is 0 Å². The molecule has 0 aliphatic carbocycles. The van der Waals surface area contributed by atoms with Crippen molar-refractivity contribution in [1.82, 2.24) is 10.3 Å². The highest BCUT2D eigenvalue weighted by Gasteiger charge is 2.13. The molecule has 30 heavy (non-hydrogen) atoms. The minimum absolute atomic E-state index is 0.0537. The molecule has 1 aromatic heterocycles. The largest absolute Gasteiger partial charge is 0.493 e. The molecule has 3 rings (SSSR count). The van der Waals surface area contributed by atoms with Gasteiger partial charge in [0.1, 0.15) is 5.75 Å². The summed E-state index contributed by atoms with van der Waals surface area (Å²) in [5.41, 5.74) is 1.03. The summed E-state index contributed by atoms with van der Waals surface area (Å²) in [5, 5.41) is 26.2. The minimum Gasteiger partial charge on any atom is -0.493 e. The molecule has 0 spiro atoms. The zero-order valence-corrected chi connectivity index (χ0v) is 16.6. The Balaban J connectivity index is 1.82. The van der Waals surface area contributed by atoms with Crippen molar-refractivity contribution in [1.29, 1.82) is 0 Å². The highest BCUT2D eigenvalue weighted by Crippen LogP contribution is 2.38. The van der Waals surface area contributed by atoms with Crippen LogP contribution in [0.2, 0.25) is 0 Å². The average Bonchev–Trinajstić information content (AvgIpc) is 3.00. The molecule has 0 aliphatic rings. The van der Waals surface area contributed by atoms with Crippen LogP contribution in [-0.2, 0) is 14.8 Å². The summed E-state index contributed by atoms with van der Waals surface area (Å²) in [7, 11) is -2.29. The van der Waals surface area contributed by atoms with Gasteiger partial charge in [0.15, 0.2) is 5.69 Å². The van der Waals surface area contributed by atoms with E-state index in [4.69, 9.17) is 14.6 Å². The molecule has 0 aliphatic heterocycles. The van der Waals surface area contributed by atoms with Crippen molar-refractivity contribution < 1.29 is 27.8 Å². The molecule has 2 aromatic carbocycles. The van der Waals surface area contributed by atoms with Crippen LogP contribution in [0.3, 0.4) is 0 Å². The third-order valence-electron chi connectivity index (χ3n) is 3.94. The van der Waals surface area contributed by atoms with Gasteiger partial charge < -0.3 is 24.9 Å². The molecule has 0 radical (unpaired) electrons. The van der Waals surface area contributed by atoms with E-state index in [2.05, 4.69) is 20.5 Å². The number of nitrogens with two attached hydrogens (primary N) is 1. The van der Waals surface area contributed by atoms with Gasteiger partial charge in [-0.3, -0.25) is 0 Å². The lowest BCUT2D eigenvalue weighted by molar-refractivity contribution is 0.180. The molecular formula is C18H19N5O6S. The molecule has 0 bridgehead atoms. The van der Waals surface area contributed by atoms with Crippen LogP contribution in [0.4, 0.5) is 16.2 Å². The number of nitrogens with one attached hydrogen (secondary N) is 2. The fourth-order valence-corrected chi connectivity index (χ4v) is 3.03. The van der Waals surface area contributed by atoms with E-state index in [9.17, 15) is 18.3 Å². The summed E-state index contributed by atoms with van der Waals surface area (Å²) in [5.74, 6) is 0.0157. The van der Waals surface area contributed by atoms with Gasteiger partial charge in [-0.15, -0.1) is 5.11 Å². The second-order valence-electron chi connectivity index (χ2n) is 6.08. The van der Waals surface area contributed by atoms with E-state index in [0.29, 0.717) is 29.7 Å². The molecule has 0 atom stereocenters. The van der Waals surface area contributed by atoms with Gasteiger partial charge in [-0.1, -0.05) is 0 Å². The van der Waals surface area contributed by atoms with Crippen LogP contribution in [0, 0.1) is 0 Å². The predicted octanol–water partition coefficient (Wildman–Crippen LogP) is 2.67. The Morgan fingerprint density at radius 2 is 1.93 bits per heavy atom. The first-order chi connectivity index (χ1) is 14.3. The maximum Gasteiger partial charge on any atom is 0.412 e. The van der Waals surface area contributed by atoms with Gasteiger partial charge in [-0.05, 0) is 42.5 Å². The first kappa shape index (κ1) is 21.2. The molecule has 12 heteroatoms. The Morgan fingerprint density at radius 1 is 1.20 bits per heavy atom. The van der Waals surface area contributed by atoms with Gasteiger partial charge >= 0.3 is 6.09 Å². The molecule has 1 amide bonds. The Bertz CT molecular complexity index is 1190. The maximum atomic E-state index is 11.8. The monoisotopic (exact) mass is 433 g/mol. The number of fused-ring (bicyclic) bond motifs is 1. The number of ether oxygens (including phenoxy) is 2. The van der Waals surface area contributed by atoms with Crippen LogP contribution < -0.4 is 15.2 Å². The summed E-state index contributed by atoms with van der Waals surface area (Å²) >= 11 is 0. The lowest BCUT2D eigenvalue weighted by atomic mass is 10.2. The quantitative estimate of drug-likeness (QED) is 0.330. The number of rotatable bonds is 7. The highest BCUT2D eigenvalue weighted by molar-refractivity contribution is 7.89. The number of aromatic hydroxyl groups is 1. The summed E-state index contributed by atoms with van der Waals surface area (Å²) < 4.78 is 32.6. The highest BCUT2D eigenvalue weighted by atomic mass is 32.2. The topological polar surface area (TPSA) is 168 Å². The molecule has 1 heterocycles. The van der Waals surface area contributed by atoms with Crippen LogP contribution in [-0.4, -0.2) is 44.9 Å². The molecule has 0 saturated carbocycles. The van der Waals surface area contributed by atoms with Gasteiger partial charge in [0, 0.05) is 19.0 Å². The van der Waals surface area contributed by atoms with Gasteiger partial charge in [-0.25, -0.2) is 18.4 Å². The fourth-order valence-electron chi connectivity index (χ4n) is 2.52. The maximum absolute atomic E-state index is 11.8.